The molecular formula is C17H16IN3O3. The average Bonchev–Trinajstić information content (AvgIpc) is 2.54. The quantitative estimate of drug-likeness (QED) is 0.382. The molecule has 0 radical (unpaired) electrons. The highest BCUT2D eigenvalue weighted by atomic mass is 127. The Labute approximate surface area is 153 Å². The van der Waals surface area contributed by atoms with E-state index in [0.717, 1.165) is 3.57 Å². The SMILES string of the molecule is C/C(CC(=O)Nc1ccc(I)cc1)=N\NC(=O)c1cccc(O)c1. The Morgan fingerprint density at radius 3 is 2.54 bits per heavy atom. The molecule has 0 unspecified atom stereocenters. The Morgan fingerprint density at radius 2 is 1.88 bits per heavy atom. The van der Waals surface area contributed by atoms with Gasteiger partial charge in [0.15, 0.2) is 0 Å². The molecular weight excluding hydrogens is 421 g/mol. The van der Waals surface area contributed by atoms with Gasteiger partial charge in [0.1, 0.15) is 5.75 Å². The van der Waals surface area contributed by atoms with Crippen molar-refractivity contribution in [3.8, 4) is 5.75 Å². The first-order valence-corrected chi connectivity index (χ1v) is 8.20. The van der Waals surface area contributed by atoms with Gasteiger partial charge in [-0.2, -0.15) is 5.10 Å². The lowest BCUT2D eigenvalue weighted by Crippen LogP contribution is -2.21. The summed E-state index contributed by atoms with van der Waals surface area (Å²) < 4.78 is 1.08. The van der Waals surface area contributed by atoms with Crippen LogP contribution in [0.25, 0.3) is 0 Å². The molecule has 2 amide bonds. The lowest BCUT2D eigenvalue weighted by molar-refractivity contribution is -0.115. The maximum absolute atomic E-state index is 11.9. The van der Waals surface area contributed by atoms with E-state index in [1.54, 1.807) is 19.1 Å². The molecule has 2 rings (SSSR count). The van der Waals surface area contributed by atoms with Crippen LogP contribution in [-0.2, 0) is 4.79 Å². The van der Waals surface area contributed by atoms with Crippen molar-refractivity contribution in [2.24, 2.45) is 5.10 Å². The number of rotatable bonds is 5. The lowest BCUT2D eigenvalue weighted by Gasteiger charge is -2.06. The number of benzene rings is 2. The number of phenols is 1. The number of hydrogen-bond donors (Lipinski definition) is 3. The number of nitrogens with zero attached hydrogens (tertiary/aromatic N) is 1. The van der Waals surface area contributed by atoms with Crippen LogP contribution in [0.2, 0.25) is 0 Å². The van der Waals surface area contributed by atoms with E-state index in [-0.39, 0.29) is 23.6 Å². The van der Waals surface area contributed by atoms with Crippen molar-refractivity contribution in [1.82, 2.24) is 5.43 Å². The number of amides is 2. The van der Waals surface area contributed by atoms with E-state index >= 15 is 0 Å². The fourth-order valence-corrected chi connectivity index (χ4v) is 2.23. The van der Waals surface area contributed by atoms with Crippen molar-refractivity contribution in [2.45, 2.75) is 13.3 Å². The Morgan fingerprint density at radius 1 is 1.17 bits per heavy atom. The van der Waals surface area contributed by atoms with Gasteiger partial charge in [-0.15, -0.1) is 0 Å². The summed E-state index contributed by atoms with van der Waals surface area (Å²) in [5.74, 6) is -0.674. The number of hydrogen-bond acceptors (Lipinski definition) is 4. The minimum absolute atomic E-state index is 0.000233. The zero-order chi connectivity index (χ0) is 17.5. The molecule has 0 aromatic heterocycles. The summed E-state index contributed by atoms with van der Waals surface area (Å²) >= 11 is 2.19. The number of aromatic hydroxyl groups is 1. The van der Waals surface area contributed by atoms with Gasteiger partial charge in [0.2, 0.25) is 5.91 Å². The van der Waals surface area contributed by atoms with Gasteiger partial charge in [0.25, 0.3) is 5.91 Å². The highest BCUT2D eigenvalue weighted by molar-refractivity contribution is 14.1. The molecule has 2 aromatic rings. The van der Waals surface area contributed by atoms with Crippen molar-refractivity contribution in [3.05, 3.63) is 57.7 Å². The molecule has 0 bridgehead atoms. The average molecular weight is 437 g/mol. The molecule has 7 heteroatoms. The second-order valence-electron chi connectivity index (χ2n) is 5.07. The first-order valence-electron chi connectivity index (χ1n) is 7.12. The molecule has 6 nitrogen and oxygen atoms in total. The molecule has 0 aliphatic rings. The van der Waals surface area contributed by atoms with Gasteiger partial charge < -0.3 is 10.4 Å². The van der Waals surface area contributed by atoms with Gasteiger partial charge in [0.05, 0.1) is 6.42 Å². The number of halogens is 1. The largest absolute Gasteiger partial charge is 0.508 e. The highest BCUT2D eigenvalue weighted by Gasteiger charge is 2.07. The number of anilines is 1. The topological polar surface area (TPSA) is 90.8 Å². The molecule has 0 heterocycles. The Hall–Kier alpha value is -2.42. The molecule has 0 fully saturated rings. The van der Waals surface area contributed by atoms with Gasteiger partial charge in [-0.25, -0.2) is 5.43 Å². The van der Waals surface area contributed by atoms with E-state index < -0.39 is 5.91 Å². The maximum atomic E-state index is 11.9. The monoisotopic (exact) mass is 437 g/mol. The van der Waals surface area contributed by atoms with Crippen LogP contribution in [0.1, 0.15) is 23.7 Å². The Kier molecular flexibility index (Phi) is 6.30. The molecule has 0 saturated carbocycles. The smallest absolute Gasteiger partial charge is 0.271 e. The van der Waals surface area contributed by atoms with Gasteiger partial charge >= 0.3 is 0 Å². The van der Waals surface area contributed by atoms with Gasteiger partial charge in [-0.3, -0.25) is 9.59 Å². The fourth-order valence-electron chi connectivity index (χ4n) is 1.87. The second kappa shape index (κ2) is 8.44. The van der Waals surface area contributed by atoms with E-state index in [0.29, 0.717) is 11.4 Å². The van der Waals surface area contributed by atoms with E-state index in [1.165, 1.54) is 12.1 Å². The van der Waals surface area contributed by atoms with E-state index in [2.05, 4.69) is 38.4 Å². The first kappa shape index (κ1) is 17.9. The van der Waals surface area contributed by atoms with Crippen LogP contribution in [0.3, 0.4) is 0 Å². The van der Waals surface area contributed by atoms with Crippen molar-refractivity contribution >= 4 is 45.8 Å². The molecule has 0 aliphatic carbocycles. The maximum Gasteiger partial charge on any atom is 0.271 e. The Bertz CT molecular complexity index is 773. The third-order valence-corrected chi connectivity index (χ3v) is 3.72. The van der Waals surface area contributed by atoms with Crippen LogP contribution in [0.15, 0.2) is 53.6 Å². The van der Waals surface area contributed by atoms with Crippen LogP contribution >= 0.6 is 22.6 Å². The van der Waals surface area contributed by atoms with E-state index in [9.17, 15) is 14.7 Å². The number of hydrazone groups is 1. The summed E-state index contributed by atoms with van der Waals surface area (Å²) in [6.45, 7) is 1.65. The van der Waals surface area contributed by atoms with Crippen molar-refractivity contribution in [1.29, 1.82) is 0 Å². The molecule has 124 valence electrons. The van der Waals surface area contributed by atoms with E-state index in [4.69, 9.17) is 0 Å². The van der Waals surface area contributed by atoms with Gasteiger partial charge in [0, 0.05) is 20.5 Å². The molecule has 0 atom stereocenters. The van der Waals surface area contributed by atoms with E-state index in [1.807, 2.05) is 24.3 Å². The summed E-state index contributed by atoms with van der Waals surface area (Å²) in [5.41, 5.74) is 3.82. The summed E-state index contributed by atoms with van der Waals surface area (Å²) in [7, 11) is 0. The van der Waals surface area contributed by atoms with Crippen LogP contribution in [0, 0.1) is 3.57 Å². The minimum atomic E-state index is -0.455. The number of phenolic OH excluding ortho intramolecular Hbond substituents is 1. The van der Waals surface area contributed by atoms with Gasteiger partial charge in [-0.1, -0.05) is 6.07 Å². The third kappa shape index (κ3) is 5.65. The predicted molar refractivity (Wildman–Crippen MR) is 101 cm³/mol. The zero-order valence-electron chi connectivity index (χ0n) is 12.9. The van der Waals surface area contributed by atoms with Crippen molar-refractivity contribution in [3.63, 3.8) is 0 Å². The second-order valence-corrected chi connectivity index (χ2v) is 6.32. The first-order chi connectivity index (χ1) is 11.4. The third-order valence-electron chi connectivity index (χ3n) is 3.00. The number of carbonyl (C=O) groups excluding carboxylic acids is 2. The molecule has 24 heavy (non-hydrogen) atoms. The van der Waals surface area contributed by atoms with Crippen LogP contribution in [0.5, 0.6) is 5.75 Å². The number of carbonyl (C=O) groups is 2. The zero-order valence-corrected chi connectivity index (χ0v) is 15.1. The summed E-state index contributed by atoms with van der Waals surface area (Å²) in [6, 6.07) is 13.4. The van der Waals surface area contributed by atoms with Crippen LogP contribution < -0.4 is 10.7 Å². The van der Waals surface area contributed by atoms with Crippen molar-refractivity contribution < 1.29 is 14.7 Å². The molecule has 0 spiro atoms. The molecule has 0 saturated heterocycles. The molecule has 0 aliphatic heterocycles. The normalized spacial score (nSPS) is 11.0. The Balaban J connectivity index is 1.87. The summed E-state index contributed by atoms with van der Waals surface area (Å²) in [4.78, 5) is 23.8. The van der Waals surface area contributed by atoms with Gasteiger partial charge in [-0.05, 0) is 72.0 Å². The summed E-state index contributed by atoms with van der Waals surface area (Å²) in [5, 5.41) is 16.0. The summed E-state index contributed by atoms with van der Waals surface area (Å²) in [6.07, 6.45) is 0.0618. The minimum Gasteiger partial charge on any atom is -0.508 e. The lowest BCUT2D eigenvalue weighted by atomic mass is 10.2. The predicted octanol–water partition coefficient (Wildman–Crippen LogP) is 3.13. The standard InChI is InChI=1S/C17H16IN3O3/c1-11(9-16(23)19-14-7-5-13(18)6-8-14)20-21-17(24)12-3-2-4-15(22)10-12/h2-8,10,22H,9H2,1H3,(H,19,23)(H,21,24)/b20-11+. The fraction of sp³-hybridized carbons (Fsp3) is 0.118. The highest BCUT2D eigenvalue weighted by Crippen LogP contribution is 2.12. The number of nitrogens with one attached hydrogen (secondary N) is 2. The molecule has 3 N–H and O–H groups in total. The van der Waals surface area contributed by atoms with Crippen LogP contribution in [-0.4, -0.2) is 22.6 Å². The van der Waals surface area contributed by atoms with Crippen LogP contribution in [0.4, 0.5) is 5.69 Å². The van der Waals surface area contributed by atoms with Crippen molar-refractivity contribution in [2.75, 3.05) is 5.32 Å². The molecule has 2 aromatic carbocycles.